The first-order valence-electron chi connectivity index (χ1n) is 8.61. The highest BCUT2D eigenvalue weighted by atomic mass is 16.5. The van der Waals surface area contributed by atoms with Crippen LogP contribution in [0.2, 0.25) is 0 Å². The number of hydrogen-bond donors (Lipinski definition) is 1. The molecule has 3 rings (SSSR count). The first-order valence-corrected chi connectivity index (χ1v) is 8.61. The number of anilines is 1. The maximum absolute atomic E-state index is 12.3. The number of para-hydroxylation sites is 1. The van der Waals surface area contributed by atoms with Gasteiger partial charge < -0.3 is 14.5 Å². The molecule has 138 valence electrons. The Kier molecular flexibility index (Phi) is 5.35. The molecule has 1 atom stereocenters. The molecular weight excluding hydrogens is 346 g/mol. The SMILES string of the molecule is CCc1ccc(NC(=O)[C@H](C)OC(=O)c2cc3ccccc3oc2=O)cc1. The number of ether oxygens (including phenoxy) is 1. The smallest absolute Gasteiger partial charge is 0.351 e. The summed E-state index contributed by atoms with van der Waals surface area (Å²) in [5.41, 5.74) is 1.07. The molecular formula is C21H19NO5. The van der Waals surface area contributed by atoms with E-state index >= 15 is 0 Å². The summed E-state index contributed by atoms with van der Waals surface area (Å²) in [6.45, 7) is 3.48. The van der Waals surface area contributed by atoms with Crippen molar-refractivity contribution in [1.82, 2.24) is 0 Å². The number of hydrogen-bond acceptors (Lipinski definition) is 5. The molecule has 6 heteroatoms. The topological polar surface area (TPSA) is 85.6 Å². The van der Waals surface area contributed by atoms with Gasteiger partial charge in [-0.15, -0.1) is 0 Å². The minimum absolute atomic E-state index is 0.249. The number of esters is 1. The second-order valence-corrected chi connectivity index (χ2v) is 6.07. The molecule has 0 spiro atoms. The number of benzene rings is 2. The Morgan fingerprint density at radius 1 is 1.11 bits per heavy atom. The van der Waals surface area contributed by atoms with Gasteiger partial charge in [0, 0.05) is 11.1 Å². The van der Waals surface area contributed by atoms with E-state index in [0.29, 0.717) is 16.7 Å². The van der Waals surface area contributed by atoms with E-state index in [4.69, 9.17) is 9.15 Å². The molecule has 6 nitrogen and oxygen atoms in total. The van der Waals surface area contributed by atoms with E-state index in [1.807, 2.05) is 19.1 Å². The van der Waals surface area contributed by atoms with E-state index in [0.717, 1.165) is 12.0 Å². The third-order valence-corrected chi connectivity index (χ3v) is 4.14. The molecule has 1 heterocycles. The van der Waals surface area contributed by atoms with Crippen molar-refractivity contribution in [2.24, 2.45) is 0 Å². The summed E-state index contributed by atoms with van der Waals surface area (Å²) < 4.78 is 10.3. The summed E-state index contributed by atoms with van der Waals surface area (Å²) >= 11 is 0. The summed E-state index contributed by atoms with van der Waals surface area (Å²) in [4.78, 5) is 36.5. The monoisotopic (exact) mass is 365 g/mol. The van der Waals surface area contributed by atoms with Gasteiger partial charge in [0.1, 0.15) is 11.1 Å². The number of rotatable bonds is 5. The average molecular weight is 365 g/mol. The molecule has 0 radical (unpaired) electrons. The summed E-state index contributed by atoms with van der Waals surface area (Å²) in [7, 11) is 0. The number of nitrogens with one attached hydrogen (secondary N) is 1. The maximum Gasteiger partial charge on any atom is 0.351 e. The molecule has 0 unspecified atom stereocenters. The Bertz CT molecular complexity index is 1040. The standard InChI is InChI=1S/C21H19NO5/c1-3-14-8-10-16(11-9-14)22-19(23)13(2)26-20(24)17-12-15-6-4-5-7-18(15)27-21(17)25/h4-13H,3H2,1-2H3,(H,22,23)/t13-/m0/s1. The molecule has 0 aliphatic heterocycles. The molecule has 2 aromatic carbocycles. The molecule has 27 heavy (non-hydrogen) atoms. The van der Waals surface area contributed by atoms with Crippen LogP contribution in [0.1, 0.15) is 29.8 Å². The number of fused-ring (bicyclic) bond motifs is 1. The van der Waals surface area contributed by atoms with Gasteiger partial charge in [-0.1, -0.05) is 37.3 Å². The van der Waals surface area contributed by atoms with Gasteiger partial charge in [0.25, 0.3) is 5.91 Å². The number of carbonyl (C=O) groups excluding carboxylic acids is 2. The van der Waals surface area contributed by atoms with Crippen LogP contribution in [0.25, 0.3) is 11.0 Å². The van der Waals surface area contributed by atoms with Crippen molar-refractivity contribution in [2.45, 2.75) is 26.4 Å². The molecule has 0 saturated carbocycles. The highest BCUT2D eigenvalue weighted by Gasteiger charge is 2.22. The highest BCUT2D eigenvalue weighted by Crippen LogP contribution is 2.14. The quantitative estimate of drug-likeness (QED) is 0.552. The minimum atomic E-state index is -1.07. The summed E-state index contributed by atoms with van der Waals surface area (Å²) in [6, 6.07) is 15.6. The molecule has 1 aromatic heterocycles. The molecule has 0 bridgehead atoms. The summed E-state index contributed by atoms with van der Waals surface area (Å²) in [6.07, 6.45) is -0.175. The number of amides is 1. The van der Waals surface area contributed by atoms with Crippen molar-refractivity contribution in [1.29, 1.82) is 0 Å². The summed E-state index contributed by atoms with van der Waals surface area (Å²) in [5.74, 6) is -1.39. The largest absolute Gasteiger partial charge is 0.449 e. The van der Waals surface area contributed by atoms with Gasteiger partial charge in [0.2, 0.25) is 0 Å². The van der Waals surface area contributed by atoms with E-state index in [-0.39, 0.29) is 5.56 Å². The molecule has 0 aliphatic rings. The third-order valence-electron chi connectivity index (χ3n) is 4.14. The lowest BCUT2D eigenvalue weighted by Crippen LogP contribution is -2.31. The average Bonchev–Trinajstić information content (AvgIpc) is 2.67. The highest BCUT2D eigenvalue weighted by molar-refractivity contribution is 5.98. The van der Waals surface area contributed by atoms with Crippen molar-refractivity contribution < 1.29 is 18.7 Å². The van der Waals surface area contributed by atoms with Crippen LogP contribution in [0.4, 0.5) is 5.69 Å². The van der Waals surface area contributed by atoms with Crippen molar-refractivity contribution in [2.75, 3.05) is 5.32 Å². The van der Waals surface area contributed by atoms with Crippen LogP contribution in [-0.2, 0) is 16.0 Å². The van der Waals surface area contributed by atoms with E-state index in [9.17, 15) is 14.4 Å². The van der Waals surface area contributed by atoms with E-state index in [2.05, 4.69) is 5.32 Å². The van der Waals surface area contributed by atoms with Crippen LogP contribution >= 0.6 is 0 Å². The maximum atomic E-state index is 12.3. The van der Waals surface area contributed by atoms with Gasteiger partial charge in [-0.2, -0.15) is 0 Å². The lowest BCUT2D eigenvalue weighted by atomic mass is 10.1. The zero-order valence-electron chi connectivity index (χ0n) is 15.0. The normalized spacial score (nSPS) is 11.8. The van der Waals surface area contributed by atoms with Crippen molar-refractivity contribution in [3.8, 4) is 0 Å². The Morgan fingerprint density at radius 2 is 1.81 bits per heavy atom. The first kappa shape index (κ1) is 18.4. The fourth-order valence-corrected chi connectivity index (χ4v) is 2.55. The fourth-order valence-electron chi connectivity index (χ4n) is 2.55. The Labute approximate surface area is 155 Å². The number of aryl methyl sites for hydroxylation is 1. The molecule has 1 N–H and O–H groups in total. The van der Waals surface area contributed by atoms with Crippen LogP contribution < -0.4 is 10.9 Å². The van der Waals surface area contributed by atoms with Gasteiger partial charge in [-0.05, 0) is 43.2 Å². The molecule has 0 saturated heterocycles. The second-order valence-electron chi connectivity index (χ2n) is 6.07. The lowest BCUT2D eigenvalue weighted by Gasteiger charge is -2.13. The fraction of sp³-hybridized carbons (Fsp3) is 0.190. The zero-order valence-corrected chi connectivity index (χ0v) is 15.0. The van der Waals surface area contributed by atoms with Crippen LogP contribution in [-0.4, -0.2) is 18.0 Å². The van der Waals surface area contributed by atoms with Gasteiger partial charge in [0.05, 0.1) is 0 Å². The molecule has 0 aliphatic carbocycles. The van der Waals surface area contributed by atoms with Crippen molar-refractivity contribution in [3.63, 3.8) is 0 Å². The molecule has 0 fully saturated rings. The Morgan fingerprint density at radius 3 is 2.52 bits per heavy atom. The van der Waals surface area contributed by atoms with Gasteiger partial charge >= 0.3 is 11.6 Å². The van der Waals surface area contributed by atoms with E-state index in [1.165, 1.54) is 13.0 Å². The predicted molar refractivity (Wildman–Crippen MR) is 102 cm³/mol. The summed E-state index contributed by atoms with van der Waals surface area (Å²) in [5, 5.41) is 3.27. The third kappa shape index (κ3) is 4.23. The first-order chi connectivity index (χ1) is 13.0. The Hall–Kier alpha value is -3.41. The molecule has 3 aromatic rings. The van der Waals surface area contributed by atoms with Crippen molar-refractivity contribution >= 4 is 28.5 Å². The van der Waals surface area contributed by atoms with Crippen LogP contribution in [0.5, 0.6) is 0 Å². The zero-order chi connectivity index (χ0) is 19.4. The van der Waals surface area contributed by atoms with Gasteiger partial charge in [0.15, 0.2) is 6.10 Å². The second kappa shape index (κ2) is 7.86. The lowest BCUT2D eigenvalue weighted by molar-refractivity contribution is -0.123. The predicted octanol–water partition coefficient (Wildman–Crippen LogP) is 3.54. The van der Waals surface area contributed by atoms with Crippen LogP contribution in [0, 0.1) is 0 Å². The van der Waals surface area contributed by atoms with Crippen molar-refractivity contribution in [3.05, 3.63) is 76.1 Å². The number of carbonyl (C=O) groups is 2. The van der Waals surface area contributed by atoms with Gasteiger partial charge in [-0.3, -0.25) is 4.79 Å². The Balaban J connectivity index is 1.70. The molecule has 1 amide bonds. The van der Waals surface area contributed by atoms with Crippen LogP contribution in [0.3, 0.4) is 0 Å². The van der Waals surface area contributed by atoms with E-state index in [1.54, 1.807) is 36.4 Å². The van der Waals surface area contributed by atoms with E-state index < -0.39 is 23.6 Å². The van der Waals surface area contributed by atoms with Gasteiger partial charge in [-0.25, -0.2) is 9.59 Å². The minimum Gasteiger partial charge on any atom is -0.449 e. The van der Waals surface area contributed by atoms with Crippen LogP contribution in [0.15, 0.2) is 63.8 Å².